The number of rotatable bonds is 3. The molecule has 1 unspecified atom stereocenters. The molecule has 1 fully saturated rings. The molecule has 148 valence electrons. The SMILES string of the molecule is Cc1ccc2nc3c(c(C(=O)N4CCC(Nc5ccccc5)C4)c2c1)CCCC3. The zero-order chi connectivity index (χ0) is 19.8. The van der Waals surface area contributed by atoms with Gasteiger partial charge < -0.3 is 10.2 Å². The van der Waals surface area contributed by atoms with E-state index in [0.717, 1.165) is 73.0 Å². The first-order valence-corrected chi connectivity index (χ1v) is 10.7. The number of hydrogen-bond donors (Lipinski definition) is 1. The van der Waals surface area contributed by atoms with Crippen molar-refractivity contribution in [3.8, 4) is 0 Å². The number of fused-ring (bicyclic) bond motifs is 2. The molecule has 1 saturated heterocycles. The maximum atomic E-state index is 13.7. The van der Waals surface area contributed by atoms with Crippen LogP contribution in [0, 0.1) is 6.92 Å². The van der Waals surface area contributed by atoms with Gasteiger partial charge in [-0.1, -0.05) is 29.8 Å². The second-order valence-electron chi connectivity index (χ2n) is 8.39. The van der Waals surface area contributed by atoms with E-state index in [9.17, 15) is 4.79 Å². The molecule has 0 saturated carbocycles. The van der Waals surface area contributed by atoms with Gasteiger partial charge in [-0.3, -0.25) is 9.78 Å². The number of aryl methyl sites for hydroxylation is 2. The number of likely N-dealkylation sites (tertiary alicyclic amines) is 1. The number of nitrogens with one attached hydrogen (secondary N) is 1. The number of benzene rings is 2. The van der Waals surface area contributed by atoms with Crippen molar-refractivity contribution in [3.05, 3.63) is 70.9 Å². The highest BCUT2D eigenvalue weighted by Gasteiger charge is 2.31. The topological polar surface area (TPSA) is 45.2 Å². The normalized spacial score (nSPS) is 18.7. The van der Waals surface area contributed by atoms with Crippen molar-refractivity contribution in [1.29, 1.82) is 0 Å². The molecule has 0 spiro atoms. The van der Waals surface area contributed by atoms with Crippen molar-refractivity contribution in [3.63, 3.8) is 0 Å². The first kappa shape index (κ1) is 18.2. The molecule has 0 bridgehead atoms. The number of para-hydroxylation sites is 1. The predicted molar refractivity (Wildman–Crippen MR) is 117 cm³/mol. The molecular weight excluding hydrogens is 358 g/mol. The van der Waals surface area contributed by atoms with Gasteiger partial charge in [-0.15, -0.1) is 0 Å². The van der Waals surface area contributed by atoms with Crippen LogP contribution in [0.4, 0.5) is 5.69 Å². The van der Waals surface area contributed by atoms with E-state index in [1.807, 2.05) is 23.1 Å². The van der Waals surface area contributed by atoms with Crippen LogP contribution in [0.25, 0.3) is 10.9 Å². The molecule has 1 aliphatic carbocycles. The lowest BCUT2D eigenvalue weighted by Crippen LogP contribution is -2.33. The predicted octanol–water partition coefficient (Wildman–Crippen LogP) is 4.75. The maximum absolute atomic E-state index is 13.7. The zero-order valence-corrected chi connectivity index (χ0v) is 16.9. The van der Waals surface area contributed by atoms with Crippen molar-refractivity contribution in [2.24, 2.45) is 0 Å². The van der Waals surface area contributed by atoms with Crippen LogP contribution in [0.2, 0.25) is 0 Å². The number of carbonyl (C=O) groups is 1. The molecule has 4 heteroatoms. The summed E-state index contributed by atoms with van der Waals surface area (Å²) < 4.78 is 0. The average molecular weight is 386 g/mol. The third kappa shape index (κ3) is 3.48. The van der Waals surface area contributed by atoms with Crippen molar-refractivity contribution in [2.75, 3.05) is 18.4 Å². The summed E-state index contributed by atoms with van der Waals surface area (Å²) in [6.45, 7) is 3.63. The second kappa shape index (κ2) is 7.51. The number of hydrogen-bond acceptors (Lipinski definition) is 3. The van der Waals surface area contributed by atoms with E-state index in [1.54, 1.807) is 0 Å². The molecule has 1 N–H and O–H groups in total. The number of nitrogens with zero attached hydrogens (tertiary/aromatic N) is 2. The van der Waals surface area contributed by atoms with Crippen LogP contribution in [0.1, 0.15) is 46.4 Å². The molecule has 1 atom stereocenters. The molecule has 2 heterocycles. The lowest BCUT2D eigenvalue weighted by molar-refractivity contribution is 0.0792. The number of pyridine rings is 1. The van der Waals surface area contributed by atoms with Gasteiger partial charge in [0, 0.05) is 35.9 Å². The number of anilines is 1. The number of amides is 1. The van der Waals surface area contributed by atoms with E-state index >= 15 is 0 Å². The number of carbonyl (C=O) groups excluding carboxylic acids is 1. The van der Waals surface area contributed by atoms with Crippen LogP contribution in [0.3, 0.4) is 0 Å². The van der Waals surface area contributed by atoms with E-state index in [2.05, 4.69) is 42.6 Å². The summed E-state index contributed by atoms with van der Waals surface area (Å²) in [5.41, 5.74) is 6.49. The Morgan fingerprint density at radius 2 is 1.93 bits per heavy atom. The van der Waals surface area contributed by atoms with E-state index in [0.29, 0.717) is 6.04 Å². The van der Waals surface area contributed by atoms with Gasteiger partial charge in [0.25, 0.3) is 5.91 Å². The Bertz CT molecular complexity index is 1060. The first-order valence-electron chi connectivity index (χ1n) is 10.7. The summed E-state index contributed by atoms with van der Waals surface area (Å²) in [4.78, 5) is 20.7. The average Bonchev–Trinajstić information content (AvgIpc) is 3.21. The molecule has 29 heavy (non-hydrogen) atoms. The minimum absolute atomic E-state index is 0.179. The summed E-state index contributed by atoms with van der Waals surface area (Å²) in [5.74, 6) is 0.179. The van der Waals surface area contributed by atoms with Crippen molar-refractivity contribution < 1.29 is 4.79 Å². The van der Waals surface area contributed by atoms with Gasteiger partial charge in [0.05, 0.1) is 11.1 Å². The fraction of sp³-hybridized carbons (Fsp3) is 0.360. The molecule has 1 amide bonds. The maximum Gasteiger partial charge on any atom is 0.254 e. The smallest absolute Gasteiger partial charge is 0.254 e. The molecule has 2 aromatic carbocycles. The van der Waals surface area contributed by atoms with Gasteiger partial charge in [-0.05, 0) is 68.9 Å². The zero-order valence-electron chi connectivity index (χ0n) is 16.9. The van der Waals surface area contributed by atoms with E-state index in [-0.39, 0.29) is 5.91 Å². The Kier molecular flexibility index (Phi) is 4.70. The molecular formula is C25H27N3O. The summed E-state index contributed by atoms with van der Waals surface area (Å²) in [6, 6.07) is 16.9. The monoisotopic (exact) mass is 385 g/mol. The van der Waals surface area contributed by atoms with E-state index in [4.69, 9.17) is 4.98 Å². The van der Waals surface area contributed by atoms with Crippen molar-refractivity contribution in [2.45, 2.75) is 45.1 Å². The highest BCUT2D eigenvalue weighted by atomic mass is 16.2. The highest BCUT2D eigenvalue weighted by Crippen LogP contribution is 2.31. The second-order valence-corrected chi connectivity index (χ2v) is 8.39. The Morgan fingerprint density at radius 1 is 1.10 bits per heavy atom. The summed E-state index contributed by atoms with van der Waals surface area (Å²) in [6.07, 6.45) is 5.23. The van der Waals surface area contributed by atoms with Crippen LogP contribution >= 0.6 is 0 Å². The quantitative estimate of drug-likeness (QED) is 0.708. The van der Waals surface area contributed by atoms with E-state index < -0.39 is 0 Å². The third-order valence-corrected chi connectivity index (χ3v) is 6.25. The molecule has 1 aliphatic heterocycles. The molecule has 0 radical (unpaired) electrons. The van der Waals surface area contributed by atoms with E-state index in [1.165, 1.54) is 11.1 Å². The summed E-state index contributed by atoms with van der Waals surface area (Å²) in [7, 11) is 0. The Morgan fingerprint density at radius 3 is 2.79 bits per heavy atom. The van der Waals surface area contributed by atoms with Gasteiger partial charge >= 0.3 is 0 Å². The Balaban J connectivity index is 1.47. The van der Waals surface area contributed by atoms with Gasteiger partial charge in [-0.25, -0.2) is 0 Å². The third-order valence-electron chi connectivity index (χ3n) is 6.25. The molecule has 3 aromatic rings. The van der Waals surface area contributed by atoms with Gasteiger partial charge in [0.1, 0.15) is 0 Å². The van der Waals surface area contributed by atoms with Crippen LogP contribution < -0.4 is 5.32 Å². The molecule has 2 aliphatic rings. The van der Waals surface area contributed by atoms with Crippen LogP contribution in [0.5, 0.6) is 0 Å². The molecule has 4 nitrogen and oxygen atoms in total. The van der Waals surface area contributed by atoms with Crippen LogP contribution in [0.15, 0.2) is 48.5 Å². The lowest BCUT2D eigenvalue weighted by atomic mass is 9.89. The standard InChI is InChI=1S/C25H27N3O/c1-17-11-12-23-21(15-17)24(20-9-5-6-10-22(20)27-23)25(29)28-14-13-19(16-28)26-18-7-3-2-4-8-18/h2-4,7-8,11-12,15,19,26H,5-6,9-10,13-14,16H2,1H3. The lowest BCUT2D eigenvalue weighted by Gasteiger charge is -2.24. The minimum Gasteiger partial charge on any atom is -0.380 e. The Hall–Kier alpha value is -2.88. The summed E-state index contributed by atoms with van der Waals surface area (Å²) in [5, 5.41) is 4.60. The van der Waals surface area contributed by atoms with Gasteiger partial charge in [0.2, 0.25) is 0 Å². The highest BCUT2D eigenvalue weighted by molar-refractivity contribution is 6.08. The fourth-order valence-electron chi connectivity index (χ4n) is 4.77. The number of aromatic nitrogens is 1. The Labute approximate surface area is 171 Å². The van der Waals surface area contributed by atoms with Crippen LogP contribution in [-0.2, 0) is 12.8 Å². The van der Waals surface area contributed by atoms with Crippen molar-refractivity contribution in [1.82, 2.24) is 9.88 Å². The minimum atomic E-state index is 0.179. The first-order chi connectivity index (χ1) is 14.2. The molecule has 1 aromatic heterocycles. The largest absolute Gasteiger partial charge is 0.380 e. The van der Waals surface area contributed by atoms with Crippen LogP contribution in [-0.4, -0.2) is 34.9 Å². The van der Waals surface area contributed by atoms with Gasteiger partial charge in [-0.2, -0.15) is 0 Å². The van der Waals surface area contributed by atoms with Crippen molar-refractivity contribution >= 4 is 22.5 Å². The molecule has 5 rings (SSSR count). The fourth-order valence-corrected chi connectivity index (χ4v) is 4.77. The summed E-state index contributed by atoms with van der Waals surface area (Å²) >= 11 is 0. The van der Waals surface area contributed by atoms with Gasteiger partial charge in [0.15, 0.2) is 0 Å².